The molecule has 0 unspecified atom stereocenters. The predicted molar refractivity (Wildman–Crippen MR) is 120 cm³/mol. The largest absolute Gasteiger partial charge is 0.449 e. The number of rotatable bonds is 4. The Morgan fingerprint density at radius 2 is 1.66 bits per heavy atom. The number of carbonyl (C=O) groups excluding carboxylic acids is 2. The Balaban J connectivity index is 1.34. The van der Waals surface area contributed by atoms with E-state index >= 15 is 0 Å². The smallest absolute Gasteiger partial charge is 0.410 e. The highest BCUT2D eigenvalue weighted by atomic mass is 16.6. The third kappa shape index (κ3) is 4.72. The van der Waals surface area contributed by atoms with E-state index in [-0.39, 0.29) is 31.7 Å². The van der Waals surface area contributed by atoms with E-state index in [0.717, 1.165) is 11.1 Å². The van der Waals surface area contributed by atoms with Crippen molar-refractivity contribution in [3.05, 3.63) is 59.7 Å². The maximum atomic E-state index is 12.4. The number of amides is 2. The van der Waals surface area contributed by atoms with Gasteiger partial charge in [0.2, 0.25) is 0 Å². The lowest BCUT2D eigenvalue weighted by Gasteiger charge is -2.28. The van der Waals surface area contributed by atoms with Gasteiger partial charge in [0.15, 0.2) is 0 Å². The summed E-state index contributed by atoms with van der Waals surface area (Å²) in [5.74, 6) is -0.0142. The van der Waals surface area contributed by atoms with Crippen molar-refractivity contribution < 1.29 is 24.2 Å². The zero-order chi connectivity index (χ0) is 22.9. The summed E-state index contributed by atoms with van der Waals surface area (Å²) >= 11 is 0. The summed E-state index contributed by atoms with van der Waals surface area (Å²) in [6, 6.07) is 16.0. The van der Waals surface area contributed by atoms with Gasteiger partial charge in [-0.25, -0.2) is 9.59 Å². The highest BCUT2D eigenvalue weighted by molar-refractivity contribution is 5.79. The quantitative estimate of drug-likeness (QED) is 0.756. The first-order chi connectivity index (χ1) is 15.2. The molecule has 2 atom stereocenters. The molecule has 0 saturated carbocycles. The van der Waals surface area contributed by atoms with Gasteiger partial charge in [-0.1, -0.05) is 48.5 Å². The number of alkyl carbamates (subject to hydrolysis) is 1. The second kappa shape index (κ2) is 8.82. The monoisotopic (exact) mass is 438 g/mol. The SMILES string of the molecule is CC(C)(C)OC(=O)N1C[C@H](O)C[C@H]1CNC(=O)OCC1c2ccccc2-c2ccccc21. The Hall–Kier alpha value is -3.06. The molecule has 4 rings (SSSR count). The number of likely N-dealkylation sites (tertiary alicyclic amines) is 1. The molecule has 0 spiro atoms. The van der Waals surface area contributed by atoms with Crippen LogP contribution < -0.4 is 5.32 Å². The third-order valence-electron chi connectivity index (χ3n) is 5.85. The number of nitrogens with zero attached hydrogens (tertiary/aromatic N) is 1. The van der Waals surface area contributed by atoms with Crippen molar-refractivity contribution in [2.75, 3.05) is 19.7 Å². The Morgan fingerprint density at radius 1 is 1.06 bits per heavy atom. The van der Waals surface area contributed by atoms with E-state index in [1.165, 1.54) is 16.0 Å². The molecule has 0 aromatic heterocycles. The van der Waals surface area contributed by atoms with E-state index < -0.39 is 23.9 Å². The van der Waals surface area contributed by atoms with Crippen LogP contribution in [0.4, 0.5) is 9.59 Å². The summed E-state index contributed by atoms with van der Waals surface area (Å²) in [7, 11) is 0. The van der Waals surface area contributed by atoms with Crippen LogP contribution in [0.1, 0.15) is 44.2 Å². The lowest BCUT2D eigenvalue weighted by Crippen LogP contribution is -2.45. The highest BCUT2D eigenvalue weighted by Gasteiger charge is 2.37. The van der Waals surface area contributed by atoms with Gasteiger partial charge in [-0.05, 0) is 49.4 Å². The molecule has 2 N–H and O–H groups in total. The Bertz CT molecular complexity index is 954. The number of ether oxygens (including phenoxy) is 2. The van der Waals surface area contributed by atoms with E-state index in [9.17, 15) is 14.7 Å². The van der Waals surface area contributed by atoms with Crippen LogP contribution in [0.2, 0.25) is 0 Å². The van der Waals surface area contributed by atoms with Crippen LogP contribution in [-0.4, -0.2) is 59.6 Å². The van der Waals surface area contributed by atoms with E-state index in [4.69, 9.17) is 9.47 Å². The van der Waals surface area contributed by atoms with Crippen LogP contribution in [0, 0.1) is 0 Å². The summed E-state index contributed by atoms with van der Waals surface area (Å²) in [5, 5.41) is 12.8. The normalized spacial score (nSPS) is 19.9. The van der Waals surface area contributed by atoms with Crippen molar-refractivity contribution >= 4 is 12.2 Å². The predicted octanol–water partition coefficient (Wildman–Crippen LogP) is 3.90. The summed E-state index contributed by atoms with van der Waals surface area (Å²) in [6.07, 6.45) is -1.30. The van der Waals surface area contributed by atoms with Crippen LogP contribution in [-0.2, 0) is 9.47 Å². The molecule has 2 amide bonds. The van der Waals surface area contributed by atoms with Gasteiger partial charge in [0, 0.05) is 12.5 Å². The van der Waals surface area contributed by atoms with Gasteiger partial charge in [0.1, 0.15) is 12.2 Å². The minimum atomic E-state index is -0.642. The van der Waals surface area contributed by atoms with Gasteiger partial charge in [-0.2, -0.15) is 0 Å². The number of benzene rings is 2. The summed E-state index contributed by atoms with van der Waals surface area (Å²) in [5.41, 5.74) is 4.01. The average Bonchev–Trinajstić information content (AvgIpc) is 3.27. The van der Waals surface area contributed by atoms with E-state index in [1.54, 1.807) is 20.8 Å². The number of hydrogen-bond acceptors (Lipinski definition) is 5. The number of fused-ring (bicyclic) bond motifs is 3. The fourth-order valence-corrected chi connectivity index (χ4v) is 4.48. The fraction of sp³-hybridized carbons (Fsp3) is 0.440. The Labute approximate surface area is 188 Å². The molecule has 2 aromatic carbocycles. The van der Waals surface area contributed by atoms with Gasteiger partial charge in [0.25, 0.3) is 0 Å². The molecule has 1 fully saturated rings. The van der Waals surface area contributed by atoms with Gasteiger partial charge in [-0.15, -0.1) is 0 Å². The molecule has 1 saturated heterocycles. The molecule has 32 heavy (non-hydrogen) atoms. The van der Waals surface area contributed by atoms with Crippen molar-refractivity contribution in [1.29, 1.82) is 0 Å². The average molecular weight is 439 g/mol. The van der Waals surface area contributed by atoms with Crippen molar-refractivity contribution in [2.24, 2.45) is 0 Å². The first-order valence-corrected chi connectivity index (χ1v) is 11.0. The maximum Gasteiger partial charge on any atom is 0.410 e. The third-order valence-corrected chi connectivity index (χ3v) is 5.85. The molecule has 2 aliphatic rings. The van der Waals surface area contributed by atoms with Gasteiger partial charge in [0.05, 0.1) is 18.7 Å². The Morgan fingerprint density at radius 3 is 2.25 bits per heavy atom. The van der Waals surface area contributed by atoms with Gasteiger partial charge in [-0.3, -0.25) is 0 Å². The highest BCUT2D eigenvalue weighted by Crippen LogP contribution is 2.44. The minimum absolute atomic E-state index is 0.0142. The zero-order valence-corrected chi connectivity index (χ0v) is 18.7. The summed E-state index contributed by atoms with van der Waals surface area (Å²) in [4.78, 5) is 26.4. The molecular weight excluding hydrogens is 408 g/mol. The van der Waals surface area contributed by atoms with Crippen molar-refractivity contribution in [2.45, 2.75) is 50.9 Å². The molecule has 7 nitrogen and oxygen atoms in total. The topological polar surface area (TPSA) is 88.1 Å². The van der Waals surface area contributed by atoms with E-state index in [2.05, 4.69) is 29.6 Å². The molecule has 1 aliphatic carbocycles. The molecule has 1 aliphatic heterocycles. The molecule has 0 radical (unpaired) electrons. The Kier molecular flexibility index (Phi) is 6.11. The fourth-order valence-electron chi connectivity index (χ4n) is 4.48. The van der Waals surface area contributed by atoms with Crippen LogP contribution in [0.3, 0.4) is 0 Å². The minimum Gasteiger partial charge on any atom is -0.449 e. The van der Waals surface area contributed by atoms with Gasteiger partial charge < -0.3 is 24.8 Å². The van der Waals surface area contributed by atoms with Crippen LogP contribution in [0.25, 0.3) is 11.1 Å². The van der Waals surface area contributed by atoms with Crippen LogP contribution >= 0.6 is 0 Å². The number of hydrogen-bond donors (Lipinski definition) is 2. The standard InChI is InChI=1S/C25H30N2O5/c1-25(2,3)32-24(30)27-14-17(28)12-16(27)13-26-23(29)31-15-22-20-10-6-4-8-18(20)19-9-5-7-11-21(19)22/h4-11,16-17,22,28H,12-15H2,1-3H3,(H,26,29)/t16-,17+/m0/s1. The molecule has 170 valence electrons. The molecule has 0 bridgehead atoms. The number of carbonyl (C=O) groups is 2. The second-order valence-corrected chi connectivity index (χ2v) is 9.38. The van der Waals surface area contributed by atoms with Crippen LogP contribution in [0.15, 0.2) is 48.5 Å². The molecule has 2 aromatic rings. The zero-order valence-electron chi connectivity index (χ0n) is 18.7. The number of aliphatic hydroxyl groups is 1. The number of β-amino-alcohol motifs (C(OH)–C–C–N with tert-alkyl or cyclic N) is 1. The first kappa shape index (κ1) is 22.1. The second-order valence-electron chi connectivity index (χ2n) is 9.38. The van der Waals surface area contributed by atoms with Gasteiger partial charge >= 0.3 is 12.2 Å². The van der Waals surface area contributed by atoms with E-state index in [1.807, 2.05) is 24.3 Å². The van der Waals surface area contributed by atoms with E-state index in [0.29, 0.717) is 6.42 Å². The molecule has 7 heteroatoms. The van der Waals surface area contributed by atoms with Crippen molar-refractivity contribution in [3.63, 3.8) is 0 Å². The first-order valence-electron chi connectivity index (χ1n) is 11.0. The molecule has 1 heterocycles. The van der Waals surface area contributed by atoms with Crippen molar-refractivity contribution in [3.8, 4) is 11.1 Å². The molecular formula is C25H30N2O5. The lowest BCUT2D eigenvalue weighted by atomic mass is 9.98. The number of aliphatic hydroxyl groups excluding tert-OH is 1. The number of nitrogens with one attached hydrogen (secondary N) is 1. The van der Waals surface area contributed by atoms with Crippen molar-refractivity contribution in [1.82, 2.24) is 10.2 Å². The maximum absolute atomic E-state index is 12.4. The summed E-state index contributed by atoms with van der Waals surface area (Å²) < 4.78 is 11.0. The summed E-state index contributed by atoms with van der Waals surface area (Å²) in [6.45, 7) is 5.98. The lowest BCUT2D eigenvalue weighted by molar-refractivity contribution is 0.0207. The van der Waals surface area contributed by atoms with Crippen LogP contribution in [0.5, 0.6) is 0 Å².